The lowest BCUT2D eigenvalue weighted by Crippen LogP contribution is -2.54. The maximum Gasteiger partial charge on any atom is 0.320 e. The number of urea groups is 1. The van der Waals surface area contributed by atoms with Crippen LogP contribution < -0.4 is 0 Å². The maximum atomic E-state index is 14.0. The molecule has 1 aromatic carbocycles. The fourth-order valence-corrected chi connectivity index (χ4v) is 3.55. The molecule has 3 amide bonds. The summed E-state index contributed by atoms with van der Waals surface area (Å²) in [5.41, 5.74) is 0.0778. The molecule has 0 bridgehead atoms. The lowest BCUT2D eigenvalue weighted by molar-refractivity contribution is 0.0628. The molecule has 2 heterocycles. The smallest absolute Gasteiger partial charge is 0.320 e. The summed E-state index contributed by atoms with van der Waals surface area (Å²) >= 11 is 3.19. The van der Waals surface area contributed by atoms with Crippen molar-refractivity contribution in [3.63, 3.8) is 0 Å². The van der Waals surface area contributed by atoms with Crippen molar-refractivity contribution in [1.82, 2.24) is 14.7 Å². The average molecular weight is 398 g/mol. The van der Waals surface area contributed by atoms with E-state index in [1.165, 1.54) is 18.6 Å². The highest BCUT2D eigenvalue weighted by atomic mass is 79.9. The third kappa shape index (κ3) is 3.71. The van der Waals surface area contributed by atoms with Crippen LogP contribution in [0, 0.1) is 5.82 Å². The molecule has 2 fully saturated rings. The molecule has 24 heavy (non-hydrogen) atoms. The van der Waals surface area contributed by atoms with E-state index in [0.717, 1.165) is 25.9 Å². The molecule has 2 aliphatic rings. The van der Waals surface area contributed by atoms with Crippen LogP contribution in [0.25, 0.3) is 0 Å². The number of rotatable bonds is 1. The largest absolute Gasteiger partial charge is 0.335 e. The van der Waals surface area contributed by atoms with Crippen LogP contribution in [0.4, 0.5) is 9.18 Å². The topological polar surface area (TPSA) is 43.9 Å². The predicted octanol–water partition coefficient (Wildman–Crippen LogP) is 2.95. The van der Waals surface area contributed by atoms with E-state index in [4.69, 9.17) is 0 Å². The molecule has 130 valence electrons. The molecule has 2 saturated heterocycles. The Kier molecular flexibility index (Phi) is 5.38. The summed E-state index contributed by atoms with van der Waals surface area (Å²) < 4.78 is 14.6. The molecule has 5 nitrogen and oxygen atoms in total. The summed E-state index contributed by atoms with van der Waals surface area (Å²) in [5, 5.41) is 0. The number of likely N-dealkylation sites (tertiary alicyclic amines) is 1. The van der Waals surface area contributed by atoms with Crippen LogP contribution in [0.3, 0.4) is 0 Å². The van der Waals surface area contributed by atoms with Crippen LogP contribution >= 0.6 is 15.9 Å². The molecule has 0 spiro atoms. The SMILES string of the molecule is O=C(c1ccc(Br)cc1F)N1CCN(C(=O)N2CCCCC2)CC1. The highest BCUT2D eigenvalue weighted by molar-refractivity contribution is 9.10. The molecule has 0 aromatic heterocycles. The van der Waals surface area contributed by atoms with E-state index in [0.29, 0.717) is 30.7 Å². The Balaban J connectivity index is 1.58. The third-order valence-electron chi connectivity index (χ3n) is 4.63. The van der Waals surface area contributed by atoms with E-state index >= 15 is 0 Å². The van der Waals surface area contributed by atoms with Crippen molar-refractivity contribution >= 4 is 27.9 Å². The van der Waals surface area contributed by atoms with Crippen LogP contribution in [-0.2, 0) is 0 Å². The molecule has 0 atom stereocenters. The van der Waals surface area contributed by atoms with E-state index in [-0.39, 0.29) is 17.5 Å². The van der Waals surface area contributed by atoms with Gasteiger partial charge in [0.05, 0.1) is 5.56 Å². The van der Waals surface area contributed by atoms with Crippen molar-refractivity contribution in [2.24, 2.45) is 0 Å². The summed E-state index contributed by atoms with van der Waals surface area (Å²) in [7, 11) is 0. The van der Waals surface area contributed by atoms with E-state index < -0.39 is 5.82 Å². The summed E-state index contributed by atoms with van der Waals surface area (Å²) in [6.45, 7) is 3.52. The Morgan fingerprint density at radius 1 is 0.875 bits per heavy atom. The molecule has 0 saturated carbocycles. The Morgan fingerprint density at radius 2 is 1.46 bits per heavy atom. The lowest BCUT2D eigenvalue weighted by atomic mass is 10.1. The van der Waals surface area contributed by atoms with Gasteiger partial charge in [0.25, 0.3) is 5.91 Å². The van der Waals surface area contributed by atoms with Gasteiger partial charge in [0, 0.05) is 43.7 Å². The molecule has 3 rings (SSSR count). The maximum absolute atomic E-state index is 14.0. The van der Waals surface area contributed by atoms with E-state index in [1.807, 2.05) is 4.90 Å². The van der Waals surface area contributed by atoms with Crippen molar-refractivity contribution in [2.45, 2.75) is 19.3 Å². The summed E-state index contributed by atoms with van der Waals surface area (Å²) in [6.07, 6.45) is 3.31. The Morgan fingerprint density at radius 3 is 2.08 bits per heavy atom. The first-order valence-electron chi connectivity index (χ1n) is 8.34. The van der Waals surface area contributed by atoms with Gasteiger partial charge in [0.1, 0.15) is 5.82 Å². The van der Waals surface area contributed by atoms with Crippen LogP contribution in [0.5, 0.6) is 0 Å². The molecular formula is C17H21BrFN3O2. The summed E-state index contributed by atoms with van der Waals surface area (Å²) in [4.78, 5) is 30.3. The quantitative estimate of drug-likeness (QED) is 0.730. The number of halogens is 2. The van der Waals surface area contributed by atoms with Gasteiger partial charge in [-0.25, -0.2) is 9.18 Å². The van der Waals surface area contributed by atoms with Gasteiger partial charge >= 0.3 is 6.03 Å². The highest BCUT2D eigenvalue weighted by Crippen LogP contribution is 2.18. The van der Waals surface area contributed by atoms with Crippen LogP contribution in [-0.4, -0.2) is 65.9 Å². The number of nitrogens with zero attached hydrogens (tertiary/aromatic N) is 3. The Hall–Kier alpha value is -1.63. The number of piperidine rings is 1. The monoisotopic (exact) mass is 397 g/mol. The third-order valence-corrected chi connectivity index (χ3v) is 5.12. The zero-order chi connectivity index (χ0) is 17.1. The van der Waals surface area contributed by atoms with Crippen molar-refractivity contribution in [3.05, 3.63) is 34.1 Å². The number of carbonyl (C=O) groups is 2. The number of piperazine rings is 1. The minimum atomic E-state index is -0.527. The van der Waals surface area contributed by atoms with Crippen molar-refractivity contribution < 1.29 is 14.0 Å². The Labute approximate surface area is 149 Å². The number of hydrogen-bond donors (Lipinski definition) is 0. The van der Waals surface area contributed by atoms with E-state index in [9.17, 15) is 14.0 Å². The second-order valence-electron chi connectivity index (χ2n) is 6.23. The molecule has 0 radical (unpaired) electrons. The number of amides is 3. The van der Waals surface area contributed by atoms with Gasteiger partial charge in [0.2, 0.25) is 0 Å². The van der Waals surface area contributed by atoms with Gasteiger partial charge in [-0.1, -0.05) is 15.9 Å². The van der Waals surface area contributed by atoms with Gasteiger partial charge in [0.15, 0.2) is 0 Å². The number of benzene rings is 1. The van der Waals surface area contributed by atoms with Gasteiger partial charge in [-0.05, 0) is 37.5 Å². The molecule has 0 N–H and O–H groups in total. The molecule has 2 aliphatic heterocycles. The minimum absolute atomic E-state index is 0.0663. The van der Waals surface area contributed by atoms with Gasteiger partial charge < -0.3 is 14.7 Å². The average Bonchev–Trinajstić information content (AvgIpc) is 2.61. The summed E-state index contributed by atoms with van der Waals surface area (Å²) in [5.74, 6) is -0.841. The normalized spacial score (nSPS) is 18.7. The number of hydrogen-bond acceptors (Lipinski definition) is 2. The van der Waals surface area contributed by atoms with Gasteiger partial charge in [-0.15, -0.1) is 0 Å². The van der Waals surface area contributed by atoms with Gasteiger partial charge in [-0.2, -0.15) is 0 Å². The highest BCUT2D eigenvalue weighted by Gasteiger charge is 2.29. The lowest BCUT2D eigenvalue weighted by Gasteiger charge is -2.38. The number of carbonyl (C=O) groups excluding carboxylic acids is 2. The van der Waals surface area contributed by atoms with Crippen LogP contribution in [0.1, 0.15) is 29.6 Å². The second kappa shape index (κ2) is 7.51. The Bertz CT molecular complexity index is 626. The van der Waals surface area contributed by atoms with Crippen LogP contribution in [0.2, 0.25) is 0 Å². The predicted molar refractivity (Wildman–Crippen MR) is 92.4 cm³/mol. The molecule has 7 heteroatoms. The standard InChI is InChI=1S/C17H21BrFN3O2/c18-13-4-5-14(15(19)12-13)16(23)20-8-10-22(11-9-20)17(24)21-6-2-1-3-7-21/h4-5,12H,1-3,6-11H2. The molecule has 0 aliphatic carbocycles. The van der Waals surface area contributed by atoms with Crippen molar-refractivity contribution in [2.75, 3.05) is 39.3 Å². The minimum Gasteiger partial charge on any atom is -0.335 e. The molecule has 0 unspecified atom stereocenters. The summed E-state index contributed by atoms with van der Waals surface area (Å²) in [6, 6.07) is 4.51. The van der Waals surface area contributed by atoms with Crippen molar-refractivity contribution in [1.29, 1.82) is 0 Å². The van der Waals surface area contributed by atoms with E-state index in [2.05, 4.69) is 15.9 Å². The van der Waals surface area contributed by atoms with Gasteiger partial charge in [-0.3, -0.25) is 4.79 Å². The second-order valence-corrected chi connectivity index (χ2v) is 7.15. The zero-order valence-corrected chi connectivity index (χ0v) is 15.1. The first kappa shape index (κ1) is 17.2. The van der Waals surface area contributed by atoms with Crippen molar-refractivity contribution in [3.8, 4) is 0 Å². The first-order chi connectivity index (χ1) is 11.6. The fraction of sp³-hybridized carbons (Fsp3) is 0.529. The zero-order valence-electron chi connectivity index (χ0n) is 13.5. The fourth-order valence-electron chi connectivity index (χ4n) is 3.22. The first-order valence-corrected chi connectivity index (χ1v) is 9.14. The molecular weight excluding hydrogens is 377 g/mol. The van der Waals surface area contributed by atoms with E-state index in [1.54, 1.807) is 15.9 Å². The van der Waals surface area contributed by atoms with Crippen LogP contribution in [0.15, 0.2) is 22.7 Å². The molecule has 1 aromatic rings.